The highest BCUT2D eigenvalue weighted by atomic mass is 16.6. The van der Waals surface area contributed by atoms with E-state index in [1.54, 1.807) is 58.9 Å². The summed E-state index contributed by atoms with van der Waals surface area (Å²) in [7, 11) is 4.33. The number of esters is 2. The van der Waals surface area contributed by atoms with E-state index < -0.39 is 132 Å². The largest absolute Gasteiger partial charge is 0.460 e. The SMILES string of the molecule is CO[C@H]1C[C@@H]2CC[C@@H](C)[C@@](O)(O2)C(=O)C(=O)N2CCCC[C@H]2C(=O)O[C@H]([C@H](C)C[C@@H]2CC[C@@H](OC(=O)C(C)(CO)CO)[C@H](OC)C2)CC(=O)[C@H](C)/C=C(\C)[C@@H](O)[C@@H](OC)C(=O)[C@H](C)C[C@@](C)(O)\C=C/C=C/C=C/1C. The highest BCUT2D eigenvalue weighted by Crippen LogP contribution is 2.38. The number of allylic oxidation sites excluding steroid dienone is 5. The van der Waals surface area contributed by atoms with Crippen molar-refractivity contribution in [2.24, 2.45) is 35.0 Å². The number of nitrogens with zero attached hydrogens (tertiary/aromatic N) is 1. The summed E-state index contributed by atoms with van der Waals surface area (Å²) in [6.45, 7) is 12.0. The molecule has 5 N–H and O–H groups in total. The second-order valence-corrected chi connectivity index (χ2v) is 22.2. The molecular formula is C56H87NO17. The molecule has 0 radical (unpaired) electrons. The van der Waals surface area contributed by atoms with Gasteiger partial charge in [0.25, 0.3) is 11.7 Å². The molecule has 1 amide bonds. The van der Waals surface area contributed by atoms with Crippen LogP contribution in [0.4, 0.5) is 0 Å². The number of carbonyl (C=O) groups is 6. The number of fused-ring (bicyclic) bond motifs is 3. The van der Waals surface area contributed by atoms with Gasteiger partial charge in [-0.15, -0.1) is 0 Å². The average Bonchev–Trinajstić information content (AvgIpc) is 3.37. The number of ether oxygens (including phenoxy) is 6. The van der Waals surface area contributed by atoms with Crippen LogP contribution in [-0.4, -0.2) is 167 Å². The van der Waals surface area contributed by atoms with Gasteiger partial charge in [-0.1, -0.05) is 64.2 Å². The van der Waals surface area contributed by atoms with Crippen LogP contribution in [0.3, 0.4) is 0 Å². The number of aliphatic hydroxyl groups is 5. The molecule has 0 aromatic carbocycles. The summed E-state index contributed by atoms with van der Waals surface area (Å²) >= 11 is 0. The number of carbonyl (C=O) groups excluding carboxylic acids is 6. The third-order valence-corrected chi connectivity index (χ3v) is 15.9. The summed E-state index contributed by atoms with van der Waals surface area (Å²) in [5.74, 6) is -10.0. The highest BCUT2D eigenvalue weighted by Gasteiger charge is 2.53. The predicted molar refractivity (Wildman–Crippen MR) is 273 cm³/mol. The maximum Gasteiger partial charge on any atom is 0.329 e. The first-order chi connectivity index (χ1) is 34.8. The monoisotopic (exact) mass is 1050 g/mol. The molecule has 2 bridgehead atoms. The van der Waals surface area contributed by atoms with Gasteiger partial charge in [0.2, 0.25) is 5.79 Å². The smallest absolute Gasteiger partial charge is 0.329 e. The number of cyclic esters (lactones) is 1. The van der Waals surface area contributed by atoms with Gasteiger partial charge in [-0.05, 0) is 115 Å². The van der Waals surface area contributed by atoms with Gasteiger partial charge in [-0.2, -0.15) is 0 Å². The first-order valence-corrected chi connectivity index (χ1v) is 26.4. The molecule has 1 saturated carbocycles. The number of piperidine rings is 1. The fraction of sp³-hybridized carbons (Fsp3) is 0.750. The van der Waals surface area contributed by atoms with Gasteiger partial charge in [-0.3, -0.25) is 24.0 Å². The van der Waals surface area contributed by atoms with E-state index in [2.05, 4.69) is 0 Å². The minimum atomic E-state index is -2.50. The molecule has 15 atom stereocenters. The molecule has 3 heterocycles. The lowest BCUT2D eigenvalue weighted by Gasteiger charge is -2.42. The van der Waals surface area contributed by atoms with Crippen molar-refractivity contribution in [3.63, 3.8) is 0 Å². The molecule has 3 fully saturated rings. The summed E-state index contributed by atoms with van der Waals surface area (Å²) in [4.78, 5) is 85.4. The number of hydrogen-bond donors (Lipinski definition) is 5. The Bertz CT molecular complexity index is 2060. The summed E-state index contributed by atoms with van der Waals surface area (Å²) in [6.07, 6.45) is 7.63. The zero-order valence-electron chi connectivity index (χ0n) is 45.7. The van der Waals surface area contributed by atoms with Crippen LogP contribution in [0, 0.1) is 35.0 Å². The fourth-order valence-electron chi connectivity index (χ4n) is 10.7. The van der Waals surface area contributed by atoms with Gasteiger partial charge in [0.15, 0.2) is 5.78 Å². The van der Waals surface area contributed by atoms with Crippen molar-refractivity contribution in [3.8, 4) is 0 Å². The normalized spacial score (nSPS) is 38.1. The van der Waals surface area contributed by atoms with E-state index in [1.807, 2.05) is 19.9 Å². The Kier molecular flexibility index (Phi) is 23.6. The molecule has 1 aliphatic carbocycles. The molecule has 4 rings (SSSR count). The topological polar surface area (TPSA) is 262 Å². The average molecular weight is 1050 g/mol. The van der Waals surface area contributed by atoms with E-state index in [0.29, 0.717) is 51.4 Å². The van der Waals surface area contributed by atoms with Gasteiger partial charge < -0.3 is 58.9 Å². The first-order valence-electron chi connectivity index (χ1n) is 26.4. The number of Topliss-reactive ketones (excluding diaryl/α,β-unsaturated/α-hetero) is 3. The second-order valence-electron chi connectivity index (χ2n) is 22.2. The Morgan fingerprint density at radius 2 is 1.57 bits per heavy atom. The third-order valence-electron chi connectivity index (χ3n) is 15.9. The van der Waals surface area contributed by atoms with Crippen molar-refractivity contribution >= 4 is 35.2 Å². The maximum atomic E-state index is 14.5. The van der Waals surface area contributed by atoms with E-state index >= 15 is 0 Å². The number of methoxy groups -OCH3 is 3. The fourth-order valence-corrected chi connectivity index (χ4v) is 10.7. The number of amides is 1. The maximum absolute atomic E-state index is 14.5. The highest BCUT2D eigenvalue weighted by molar-refractivity contribution is 6.39. The van der Waals surface area contributed by atoms with Gasteiger partial charge in [0.05, 0.1) is 37.1 Å². The molecule has 0 aromatic rings. The number of ketones is 3. The molecule has 74 heavy (non-hydrogen) atoms. The standard InChI is InChI=1S/C56H87NO17/c1-33-17-13-12-15-23-55(8,67)30-37(5)48(62)49(71-11)47(61)36(4)25-34(2)42(60)29-45(35(3)26-39-20-22-43(46(27-39)70-10)73-53(66)54(7,31-58)32-59)72-52(65)41-18-14-16-24-57(41)51(64)50(63)56(68)38(6)19-21-40(74-56)28-44(33)69-9/h12-13,15,17,23,25,34-35,37-41,43-47,49,58-59,61,67-68H,14,16,18-22,24,26-32H2,1-11H3/b13-12+,23-15-,33-17+,36-25+/t34-,35-,37-,38-,39+,40+,41+,43-,44+,45+,46-,47-,49-,55+,56-/m1/s1. The van der Waals surface area contributed by atoms with E-state index in [4.69, 9.17) is 28.4 Å². The lowest BCUT2D eigenvalue weighted by atomic mass is 9.78. The molecule has 2 saturated heterocycles. The Hall–Kier alpha value is -3.98. The van der Waals surface area contributed by atoms with Crippen LogP contribution < -0.4 is 0 Å². The van der Waals surface area contributed by atoms with Crippen LogP contribution in [0.1, 0.15) is 132 Å². The van der Waals surface area contributed by atoms with E-state index in [1.165, 1.54) is 34.3 Å². The van der Waals surface area contributed by atoms with Crippen molar-refractivity contribution in [1.29, 1.82) is 0 Å². The molecule has 0 aromatic heterocycles. The van der Waals surface area contributed by atoms with Crippen LogP contribution in [0.15, 0.2) is 47.6 Å². The molecule has 0 unspecified atom stereocenters. The van der Waals surface area contributed by atoms with Crippen molar-refractivity contribution in [2.75, 3.05) is 41.1 Å². The summed E-state index contributed by atoms with van der Waals surface area (Å²) < 4.78 is 35.3. The van der Waals surface area contributed by atoms with Crippen molar-refractivity contribution in [3.05, 3.63) is 47.6 Å². The number of hydrogen-bond acceptors (Lipinski definition) is 17. The van der Waals surface area contributed by atoms with E-state index in [9.17, 15) is 54.3 Å². The number of rotatable bonds is 10. The summed E-state index contributed by atoms with van der Waals surface area (Å²) in [5.41, 5.74) is -1.85. The molecule has 18 heteroatoms. The molecule has 0 spiro atoms. The van der Waals surface area contributed by atoms with Crippen molar-refractivity contribution in [2.45, 2.75) is 193 Å². The van der Waals surface area contributed by atoms with Crippen molar-refractivity contribution < 1.29 is 82.7 Å². The first kappa shape index (κ1) is 62.6. The molecular weight excluding hydrogens is 959 g/mol. The van der Waals surface area contributed by atoms with Crippen LogP contribution in [0.2, 0.25) is 0 Å². The molecule has 4 aliphatic rings. The zero-order chi connectivity index (χ0) is 55.3. The summed E-state index contributed by atoms with van der Waals surface area (Å²) in [6, 6.07) is -1.22. The van der Waals surface area contributed by atoms with Crippen LogP contribution in [0.5, 0.6) is 0 Å². The van der Waals surface area contributed by atoms with E-state index in [0.717, 1.165) is 10.5 Å². The second kappa shape index (κ2) is 27.9. The van der Waals surface area contributed by atoms with Crippen LogP contribution in [-0.2, 0) is 57.2 Å². The summed E-state index contributed by atoms with van der Waals surface area (Å²) in [5, 5.41) is 54.4. The Balaban J connectivity index is 1.71. The van der Waals surface area contributed by atoms with Gasteiger partial charge >= 0.3 is 11.9 Å². The minimum Gasteiger partial charge on any atom is -0.460 e. The molecule has 418 valence electrons. The minimum absolute atomic E-state index is 0.00808. The van der Waals surface area contributed by atoms with Crippen LogP contribution in [0.25, 0.3) is 0 Å². The Morgan fingerprint density at radius 3 is 2.20 bits per heavy atom. The predicted octanol–water partition coefficient (Wildman–Crippen LogP) is 4.84. The third kappa shape index (κ3) is 16.0. The molecule has 3 aliphatic heterocycles. The Labute approximate surface area is 437 Å². The lowest BCUT2D eigenvalue weighted by Crippen LogP contribution is -2.61. The Morgan fingerprint density at radius 1 is 0.878 bits per heavy atom. The van der Waals surface area contributed by atoms with E-state index in [-0.39, 0.29) is 49.5 Å². The number of aliphatic hydroxyl groups excluding tert-OH is 3. The van der Waals surface area contributed by atoms with Gasteiger partial charge in [0.1, 0.15) is 41.7 Å². The quantitative estimate of drug-likeness (QED) is 0.111. The zero-order valence-corrected chi connectivity index (χ0v) is 45.7. The van der Waals surface area contributed by atoms with Gasteiger partial charge in [-0.25, -0.2) is 4.79 Å². The molecule has 18 nitrogen and oxygen atoms in total. The van der Waals surface area contributed by atoms with Gasteiger partial charge in [0, 0.05) is 58.5 Å². The lowest BCUT2D eigenvalue weighted by molar-refractivity contribution is -0.265. The van der Waals surface area contributed by atoms with Crippen LogP contribution >= 0.6 is 0 Å². The van der Waals surface area contributed by atoms with Crippen molar-refractivity contribution in [1.82, 2.24) is 4.90 Å².